The third-order valence-electron chi connectivity index (χ3n) is 6.53. The lowest BCUT2D eigenvalue weighted by Crippen LogP contribution is -2.40. The summed E-state index contributed by atoms with van der Waals surface area (Å²) >= 11 is 0. The van der Waals surface area contributed by atoms with Crippen molar-refractivity contribution in [3.8, 4) is 5.69 Å². The van der Waals surface area contributed by atoms with Crippen LogP contribution >= 0.6 is 0 Å². The fraction of sp³-hybridized carbons (Fsp3) is 0.452. The Kier molecular flexibility index (Phi) is 9.86. The zero-order chi connectivity index (χ0) is 27.9. The number of benzene rings is 2. The standard InChI is InChI=1S/C31H42N4O3/c1-8-9-10-24-12-14-25(15-13-24)30(37)34(17-18-38-7)21-29(36)32-28-20-27(31(4,5)6)33-35(28)26-16-11-22(2)19-23(26)3/h11-16,19-20H,8-10,17-18,21H2,1-7H3,(H,32,36). The molecule has 38 heavy (non-hydrogen) atoms. The SMILES string of the molecule is CCCCc1ccc(C(=O)N(CCOC)CC(=O)Nc2cc(C(C)(C)C)nn2-c2ccc(C)cc2C)cc1. The van der Waals surface area contributed by atoms with Gasteiger partial charge in [0, 0.05) is 30.7 Å². The number of carbonyl (C=O) groups excluding carboxylic acids is 2. The molecule has 1 aromatic heterocycles. The van der Waals surface area contributed by atoms with E-state index < -0.39 is 0 Å². The van der Waals surface area contributed by atoms with E-state index in [-0.39, 0.29) is 23.8 Å². The highest BCUT2D eigenvalue weighted by Gasteiger charge is 2.24. The third kappa shape index (κ3) is 7.54. The Labute approximate surface area is 227 Å². The van der Waals surface area contributed by atoms with E-state index in [4.69, 9.17) is 9.84 Å². The van der Waals surface area contributed by atoms with Crippen LogP contribution in [0.15, 0.2) is 48.5 Å². The molecule has 7 nitrogen and oxygen atoms in total. The molecule has 2 aromatic carbocycles. The molecule has 204 valence electrons. The second-order valence-electron chi connectivity index (χ2n) is 10.9. The van der Waals surface area contributed by atoms with Crippen LogP contribution in [0.4, 0.5) is 5.82 Å². The molecular formula is C31H42N4O3. The van der Waals surface area contributed by atoms with Gasteiger partial charge in [0.15, 0.2) is 0 Å². The van der Waals surface area contributed by atoms with Crippen molar-refractivity contribution in [1.82, 2.24) is 14.7 Å². The van der Waals surface area contributed by atoms with Crippen LogP contribution in [0.3, 0.4) is 0 Å². The summed E-state index contributed by atoms with van der Waals surface area (Å²) in [5.41, 5.74) is 5.55. The fourth-order valence-corrected chi connectivity index (χ4v) is 4.25. The quantitative estimate of drug-likeness (QED) is 0.345. The maximum absolute atomic E-state index is 13.3. The monoisotopic (exact) mass is 518 g/mol. The van der Waals surface area contributed by atoms with E-state index in [2.05, 4.69) is 39.1 Å². The zero-order valence-corrected chi connectivity index (χ0v) is 23.9. The van der Waals surface area contributed by atoms with Gasteiger partial charge in [-0.1, -0.05) is 63.9 Å². The van der Waals surface area contributed by atoms with E-state index >= 15 is 0 Å². The van der Waals surface area contributed by atoms with Crippen molar-refractivity contribution < 1.29 is 14.3 Å². The number of hydrogen-bond donors (Lipinski definition) is 1. The van der Waals surface area contributed by atoms with Gasteiger partial charge in [-0.3, -0.25) is 9.59 Å². The van der Waals surface area contributed by atoms with Crippen molar-refractivity contribution in [2.75, 3.05) is 32.1 Å². The molecule has 1 N–H and O–H groups in total. The first-order valence-electron chi connectivity index (χ1n) is 13.4. The minimum absolute atomic E-state index is 0.0946. The first kappa shape index (κ1) is 29.1. The van der Waals surface area contributed by atoms with E-state index in [9.17, 15) is 9.59 Å². The van der Waals surface area contributed by atoms with Crippen molar-refractivity contribution in [3.05, 3.63) is 76.5 Å². The van der Waals surface area contributed by atoms with E-state index in [1.54, 1.807) is 11.8 Å². The molecule has 0 atom stereocenters. The molecule has 0 fully saturated rings. The molecule has 0 bridgehead atoms. The number of carbonyl (C=O) groups is 2. The average Bonchev–Trinajstić information content (AvgIpc) is 3.29. The number of rotatable bonds is 11. The van der Waals surface area contributed by atoms with Crippen molar-refractivity contribution in [1.29, 1.82) is 0 Å². The van der Waals surface area contributed by atoms with Crippen molar-refractivity contribution >= 4 is 17.6 Å². The van der Waals surface area contributed by atoms with E-state index in [1.807, 2.05) is 56.3 Å². The lowest BCUT2D eigenvalue weighted by atomic mass is 9.92. The van der Waals surface area contributed by atoms with Crippen molar-refractivity contribution in [2.24, 2.45) is 0 Å². The smallest absolute Gasteiger partial charge is 0.254 e. The highest BCUT2D eigenvalue weighted by molar-refractivity contribution is 5.99. The van der Waals surface area contributed by atoms with Gasteiger partial charge in [0.2, 0.25) is 5.91 Å². The molecule has 0 spiro atoms. The van der Waals surface area contributed by atoms with Crippen molar-refractivity contribution in [2.45, 2.75) is 66.2 Å². The number of unbranched alkanes of at least 4 members (excludes halogenated alkanes) is 1. The summed E-state index contributed by atoms with van der Waals surface area (Å²) in [6.45, 7) is 13.1. The summed E-state index contributed by atoms with van der Waals surface area (Å²) in [7, 11) is 1.59. The lowest BCUT2D eigenvalue weighted by Gasteiger charge is -2.22. The number of aryl methyl sites for hydroxylation is 3. The molecule has 0 aliphatic heterocycles. The first-order chi connectivity index (χ1) is 18.0. The van der Waals surface area contributed by atoms with Crippen LogP contribution in [0.5, 0.6) is 0 Å². The van der Waals surface area contributed by atoms with Crippen LogP contribution in [-0.4, -0.2) is 53.3 Å². The summed E-state index contributed by atoms with van der Waals surface area (Å²) in [4.78, 5) is 28.2. The second-order valence-corrected chi connectivity index (χ2v) is 10.9. The number of methoxy groups -OCH3 is 1. The maximum atomic E-state index is 13.3. The van der Waals surface area contributed by atoms with Crippen LogP contribution in [0.25, 0.3) is 5.69 Å². The lowest BCUT2D eigenvalue weighted by molar-refractivity contribution is -0.117. The first-order valence-corrected chi connectivity index (χ1v) is 13.4. The Morgan fingerprint density at radius 2 is 1.76 bits per heavy atom. The summed E-state index contributed by atoms with van der Waals surface area (Å²) in [5, 5.41) is 7.85. The van der Waals surface area contributed by atoms with Gasteiger partial charge in [-0.05, 0) is 56.0 Å². The normalized spacial score (nSPS) is 11.4. The molecule has 3 rings (SSSR count). The average molecular weight is 519 g/mol. The molecule has 2 amide bonds. The van der Waals surface area contributed by atoms with Gasteiger partial charge in [-0.2, -0.15) is 5.10 Å². The summed E-state index contributed by atoms with van der Waals surface area (Å²) in [6.07, 6.45) is 3.23. The Morgan fingerprint density at radius 1 is 1.05 bits per heavy atom. The van der Waals surface area contributed by atoms with Crippen LogP contribution in [0.2, 0.25) is 0 Å². The summed E-state index contributed by atoms with van der Waals surface area (Å²) < 4.78 is 7.00. The van der Waals surface area contributed by atoms with Crippen LogP contribution in [0.1, 0.15) is 73.3 Å². The Morgan fingerprint density at radius 3 is 2.37 bits per heavy atom. The molecule has 0 unspecified atom stereocenters. The zero-order valence-electron chi connectivity index (χ0n) is 23.9. The molecule has 7 heteroatoms. The highest BCUT2D eigenvalue weighted by atomic mass is 16.5. The second kappa shape index (κ2) is 12.9. The third-order valence-corrected chi connectivity index (χ3v) is 6.53. The fourth-order valence-electron chi connectivity index (χ4n) is 4.25. The molecule has 0 radical (unpaired) electrons. The van der Waals surface area contributed by atoms with Gasteiger partial charge in [-0.25, -0.2) is 4.68 Å². The Bertz CT molecular complexity index is 1240. The van der Waals surface area contributed by atoms with Gasteiger partial charge in [0.25, 0.3) is 5.91 Å². The minimum atomic E-state index is -0.291. The van der Waals surface area contributed by atoms with Crippen molar-refractivity contribution in [3.63, 3.8) is 0 Å². The Balaban J connectivity index is 1.83. The Hall–Kier alpha value is -3.45. The van der Waals surface area contributed by atoms with Crippen LogP contribution in [0, 0.1) is 13.8 Å². The molecular weight excluding hydrogens is 476 g/mol. The van der Waals surface area contributed by atoms with Gasteiger partial charge in [0.05, 0.1) is 18.0 Å². The molecule has 0 saturated carbocycles. The van der Waals surface area contributed by atoms with Gasteiger partial charge >= 0.3 is 0 Å². The van der Waals surface area contributed by atoms with Crippen LogP contribution in [-0.2, 0) is 21.4 Å². The molecule has 0 aliphatic rings. The van der Waals surface area contributed by atoms with E-state index in [0.717, 1.165) is 41.8 Å². The highest BCUT2D eigenvalue weighted by Crippen LogP contribution is 2.28. The van der Waals surface area contributed by atoms with Gasteiger partial charge in [0.1, 0.15) is 12.4 Å². The van der Waals surface area contributed by atoms with E-state index in [0.29, 0.717) is 24.5 Å². The number of aromatic nitrogens is 2. The summed E-state index contributed by atoms with van der Waals surface area (Å²) in [6, 6.07) is 15.7. The number of amides is 2. The molecule has 1 heterocycles. The predicted octanol–water partition coefficient (Wildman–Crippen LogP) is 5.86. The number of ether oxygens (including phenoxy) is 1. The summed E-state index contributed by atoms with van der Waals surface area (Å²) in [5.74, 6) is 0.0872. The number of hydrogen-bond acceptors (Lipinski definition) is 4. The maximum Gasteiger partial charge on any atom is 0.254 e. The van der Waals surface area contributed by atoms with Crippen LogP contribution < -0.4 is 5.32 Å². The minimum Gasteiger partial charge on any atom is -0.383 e. The van der Waals surface area contributed by atoms with Gasteiger partial charge < -0.3 is 15.0 Å². The number of anilines is 1. The van der Waals surface area contributed by atoms with Gasteiger partial charge in [-0.15, -0.1) is 0 Å². The molecule has 3 aromatic rings. The van der Waals surface area contributed by atoms with E-state index in [1.165, 1.54) is 10.5 Å². The number of nitrogens with one attached hydrogen (secondary N) is 1. The largest absolute Gasteiger partial charge is 0.383 e. The molecule has 0 saturated heterocycles. The topological polar surface area (TPSA) is 76.5 Å². The number of nitrogens with zero attached hydrogens (tertiary/aromatic N) is 3. The molecule has 0 aliphatic carbocycles. The predicted molar refractivity (Wildman–Crippen MR) is 153 cm³/mol.